The zero-order valence-corrected chi connectivity index (χ0v) is 12.7. The number of amides is 1. The van der Waals surface area contributed by atoms with Crippen molar-refractivity contribution in [2.45, 2.75) is 19.3 Å². The van der Waals surface area contributed by atoms with Gasteiger partial charge in [0.05, 0.1) is 17.6 Å². The van der Waals surface area contributed by atoms with Crippen LogP contribution in [0.15, 0.2) is 12.3 Å². The van der Waals surface area contributed by atoms with Crippen LogP contribution >= 0.6 is 0 Å². The van der Waals surface area contributed by atoms with E-state index in [-0.39, 0.29) is 34.9 Å². The van der Waals surface area contributed by atoms with Crippen LogP contribution in [0.4, 0.5) is 11.5 Å². The summed E-state index contributed by atoms with van der Waals surface area (Å²) in [5, 5.41) is 10.9. The van der Waals surface area contributed by atoms with Gasteiger partial charge < -0.3 is 15.4 Å². The summed E-state index contributed by atoms with van der Waals surface area (Å²) in [7, 11) is 1.35. The SMILES string of the molecule is COC(=O)CC1CCN(C(=O)c2cnc(N)c([N+](=O)[O-])c2)CC1. The number of anilines is 1. The van der Waals surface area contributed by atoms with Crippen molar-refractivity contribution in [1.82, 2.24) is 9.88 Å². The first-order valence-electron chi connectivity index (χ1n) is 7.18. The van der Waals surface area contributed by atoms with Crippen molar-refractivity contribution in [2.24, 2.45) is 5.92 Å². The lowest BCUT2D eigenvalue weighted by Gasteiger charge is -2.31. The Hall–Kier alpha value is -2.71. The summed E-state index contributed by atoms with van der Waals surface area (Å²) in [4.78, 5) is 39.2. The van der Waals surface area contributed by atoms with Crippen LogP contribution in [-0.4, -0.2) is 46.9 Å². The molecule has 1 amide bonds. The molecule has 0 bridgehead atoms. The van der Waals surface area contributed by atoms with Gasteiger partial charge in [-0.25, -0.2) is 4.98 Å². The minimum atomic E-state index is -0.665. The Kier molecular flexibility index (Phi) is 5.09. The molecule has 124 valence electrons. The number of methoxy groups -OCH3 is 1. The molecule has 1 fully saturated rings. The second-order valence-corrected chi connectivity index (χ2v) is 5.40. The number of carbonyl (C=O) groups excluding carboxylic acids is 2. The van der Waals surface area contributed by atoms with Gasteiger partial charge in [-0.1, -0.05) is 0 Å². The third-order valence-corrected chi connectivity index (χ3v) is 3.93. The van der Waals surface area contributed by atoms with E-state index in [2.05, 4.69) is 9.72 Å². The zero-order valence-electron chi connectivity index (χ0n) is 12.7. The number of esters is 1. The van der Waals surface area contributed by atoms with Crippen molar-refractivity contribution in [3.8, 4) is 0 Å². The van der Waals surface area contributed by atoms with Gasteiger partial charge in [0, 0.05) is 31.8 Å². The number of rotatable bonds is 4. The van der Waals surface area contributed by atoms with E-state index in [1.807, 2.05) is 0 Å². The lowest BCUT2D eigenvalue weighted by atomic mass is 9.93. The molecule has 1 aliphatic rings. The van der Waals surface area contributed by atoms with Gasteiger partial charge in [-0.2, -0.15) is 0 Å². The number of piperidine rings is 1. The van der Waals surface area contributed by atoms with Crippen molar-refractivity contribution in [3.63, 3.8) is 0 Å². The van der Waals surface area contributed by atoms with Crippen molar-refractivity contribution in [1.29, 1.82) is 0 Å². The quantitative estimate of drug-likeness (QED) is 0.497. The minimum Gasteiger partial charge on any atom is -0.469 e. The molecule has 9 heteroatoms. The van der Waals surface area contributed by atoms with Crippen LogP contribution in [-0.2, 0) is 9.53 Å². The van der Waals surface area contributed by atoms with Gasteiger partial charge in [0.2, 0.25) is 5.82 Å². The first-order valence-corrected chi connectivity index (χ1v) is 7.18. The van der Waals surface area contributed by atoms with E-state index in [4.69, 9.17) is 5.73 Å². The molecule has 2 rings (SSSR count). The predicted molar refractivity (Wildman–Crippen MR) is 80.6 cm³/mol. The highest BCUT2D eigenvalue weighted by Crippen LogP contribution is 2.24. The number of ether oxygens (including phenoxy) is 1. The Morgan fingerprint density at radius 1 is 1.48 bits per heavy atom. The Morgan fingerprint density at radius 3 is 2.70 bits per heavy atom. The average Bonchev–Trinajstić information content (AvgIpc) is 2.55. The molecule has 0 aliphatic carbocycles. The summed E-state index contributed by atoms with van der Waals surface area (Å²) in [6.07, 6.45) is 2.95. The summed E-state index contributed by atoms with van der Waals surface area (Å²) in [5.41, 5.74) is 5.18. The fourth-order valence-electron chi connectivity index (χ4n) is 2.57. The fourth-order valence-corrected chi connectivity index (χ4v) is 2.57. The third kappa shape index (κ3) is 3.93. The number of nitrogens with zero attached hydrogens (tertiary/aromatic N) is 3. The molecule has 2 N–H and O–H groups in total. The third-order valence-electron chi connectivity index (χ3n) is 3.93. The van der Waals surface area contributed by atoms with E-state index in [1.165, 1.54) is 13.3 Å². The van der Waals surface area contributed by atoms with E-state index >= 15 is 0 Å². The first-order chi connectivity index (χ1) is 10.9. The Bertz CT molecular complexity index is 626. The zero-order chi connectivity index (χ0) is 17.0. The molecule has 1 aromatic rings. The van der Waals surface area contributed by atoms with E-state index in [0.717, 1.165) is 6.07 Å². The number of hydrogen-bond donors (Lipinski definition) is 1. The standard InChI is InChI=1S/C14H18N4O5/c1-23-12(19)6-9-2-4-17(5-3-9)14(20)10-7-11(18(21)22)13(15)16-8-10/h7-9H,2-6H2,1H3,(H2,15,16). The molecule has 0 saturated carbocycles. The Balaban J connectivity index is 2.01. The molecule has 23 heavy (non-hydrogen) atoms. The number of pyridine rings is 1. The van der Waals surface area contributed by atoms with E-state index < -0.39 is 4.92 Å². The van der Waals surface area contributed by atoms with Crippen molar-refractivity contribution in [3.05, 3.63) is 27.9 Å². The second kappa shape index (κ2) is 7.03. The lowest BCUT2D eigenvalue weighted by molar-refractivity contribution is -0.384. The summed E-state index contributed by atoms with van der Waals surface area (Å²) < 4.78 is 4.64. The molecular formula is C14H18N4O5. The number of nitro groups is 1. The highest BCUT2D eigenvalue weighted by atomic mass is 16.6. The highest BCUT2D eigenvalue weighted by molar-refractivity contribution is 5.95. The van der Waals surface area contributed by atoms with Crippen LogP contribution in [0.1, 0.15) is 29.6 Å². The largest absolute Gasteiger partial charge is 0.469 e. The fraction of sp³-hybridized carbons (Fsp3) is 0.500. The summed E-state index contributed by atoms with van der Waals surface area (Å²) in [6, 6.07) is 1.14. The normalized spacial score (nSPS) is 15.3. The van der Waals surface area contributed by atoms with Crippen LogP contribution in [0.25, 0.3) is 0 Å². The molecule has 9 nitrogen and oxygen atoms in total. The monoisotopic (exact) mass is 322 g/mol. The number of aromatic nitrogens is 1. The van der Waals surface area contributed by atoms with Crippen molar-refractivity contribution in [2.75, 3.05) is 25.9 Å². The van der Waals surface area contributed by atoms with Gasteiger partial charge in [0.25, 0.3) is 5.91 Å². The Labute approximate surface area is 132 Å². The highest BCUT2D eigenvalue weighted by Gasteiger charge is 2.27. The minimum absolute atomic E-state index is 0.136. The molecule has 0 unspecified atom stereocenters. The van der Waals surface area contributed by atoms with Crippen molar-refractivity contribution < 1.29 is 19.2 Å². The molecule has 0 radical (unpaired) electrons. The van der Waals surface area contributed by atoms with Crippen molar-refractivity contribution >= 4 is 23.4 Å². The van der Waals surface area contributed by atoms with E-state index in [9.17, 15) is 19.7 Å². The van der Waals surface area contributed by atoms with Crippen LogP contribution in [0, 0.1) is 16.0 Å². The number of hydrogen-bond acceptors (Lipinski definition) is 7. The molecule has 0 atom stereocenters. The second-order valence-electron chi connectivity index (χ2n) is 5.40. The summed E-state index contributed by atoms with van der Waals surface area (Å²) in [6.45, 7) is 0.970. The van der Waals surface area contributed by atoms with E-state index in [1.54, 1.807) is 4.90 Å². The molecule has 1 saturated heterocycles. The lowest BCUT2D eigenvalue weighted by Crippen LogP contribution is -2.39. The molecular weight excluding hydrogens is 304 g/mol. The van der Waals surface area contributed by atoms with Crippen LogP contribution < -0.4 is 5.73 Å². The molecule has 0 spiro atoms. The van der Waals surface area contributed by atoms with Gasteiger partial charge in [-0.3, -0.25) is 19.7 Å². The predicted octanol–water partition coefficient (Wildman–Crippen LogP) is 0.987. The maximum atomic E-state index is 12.4. The molecule has 1 aliphatic heterocycles. The Morgan fingerprint density at radius 2 is 2.13 bits per heavy atom. The number of likely N-dealkylation sites (tertiary alicyclic amines) is 1. The topological polar surface area (TPSA) is 129 Å². The maximum absolute atomic E-state index is 12.4. The van der Waals surface area contributed by atoms with E-state index in [0.29, 0.717) is 32.4 Å². The smallest absolute Gasteiger partial charge is 0.311 e. The van der Waals surface area contributed by atoms with Crippen LogP contribution in [0.5, 0.6) is 0 Å². The number of nitrogens with two attached hydrogens (primary N) is 1. The number of carbonyl (C=O) groups is 2. The number of nitrogen functional groups attached to an aromatic ring is 1. The molecule has 2 heterocycles. The maximum Gasteiger partial charge on any atom is 0.311 e. The summed E-state index contributed by atoms with van der Waals surface area (Å²) in [5.74, 6) is -0.612. The first kappa shape index (κ1) is 16.7. The van der Waals surface area contributed by atoms with Gasteiger partial charge in [-0.05, 0) is 18.8 Å². The molecule has 1 aromatic heterocycles. The molecule has 0 aromatic carbocycles. The van der Waals surface area contributed by atoms with Gasteiger partial charge in [0.1, 0.15) is 0 Å². The van der Waals surface area contributed by atoms with Crippen LogP contribution in [0.2, 0.25) is 0 Å². The van der Waals surface area contributed by atoms with Crippen LogP contribution in [0.3, 0.4) is 0 Å². The van der Waals surface area contributed by atoms with Gasteiger partial charge in [0.15, 0.2) is 0 Å². The van der Waals surface area contributed by atoms with Gasteiger partial charge >= 0.3 is 11.7 Å². The van der Waals surface area contributed by atoms with Gasteiger partial charge in [-0.15, -0.1) is 0 Å². The summed E-state index contributed by atoms with van der Waals surface area (Å²) >= 11 is 0. The average molecular weight is 322 g/mol.